The minimum Gasteiger partial charge on any atom is -0.331 e. The van der Waals surface area contributed by atoms with Gasteiger partial charge in [-0.1, -0.05) is 55.8 Å². The van der Waals surface area contributed by atoms with Gasteiger partial charge in [-0.2, -0.15) is 0 Å². The fourth-order valence-corrected chi connectivity index (χ4v) is 2.92. The second-order valence-corrected chi connectivity index (χ2v) is 6.73. The van der Waals surface area contributed by atoms with Crippen LogP contribution in [0.2, 0.25) is 5.02 Å². The van der Waals surface area contributed by atoms with Crippen molar-refractivity contribution in [3.8, 4) is 0 Å². The summed E-state index contributed by atoms with van der Waals surface area (Å²) < 4.78 is 0. The summed E-state index contributed by atoms with van der Waals surface area (Å²) in [4.78, 5) is 27.1. The molecule has 1 heterocycles. The van der Waals surface area contributed by atoms with E-state index in [0.29, 0.717) is 16.2 Å². The summed E-state index contributed by atoms with van der Waals surface area (Å²) in [6.07, 6.45) is 1.25. The fraction of sp³-hybridized carbons (Fsp3) is 0.200. The largest absolute Gasteiger partial charge is 0.331 e. The number of rotatable bonds is 3. The Morgan fingerprint density at radius 1 is 1.08 bits per heavy atom. The molecule has 0 bridgehead atoms. The molecule has 2 aromatic rings. The molecule has 0 unspecified atom stereocenters. The van der Waals surface area contributed by atoms with Gasteiger partial charge in [-0.05, 0) is 35.7 Å². The third-order valence-corrected chi connectivity index (χ3v) is 4.39. The van der Waals surface area contributed by atoms with Crippen LogP contribution in [0.1, 0.15) is 29.8 Å². The average molecular weight is 355 g/mol. The van der Waals surface area contributed by atoms with Crippen molar-refractivity contribution in [1.82, 2.24) is 10.2 Å². The Kier molecular flexibility index (Phi) is 4.91. The van der Waals surface area contributed by atoms with Crippen LogP contribution in [0.4, 0.5) is 0 Å². The molecule has 0 saturated carbocycles. The van der Waals surface area contributed by atoms with E-state index in [-0.39, 0.29) is 17.7 Å². The Bertz CT molecular complexity index is 813. The van der Waals surface area contributed by atoms with E-state index in [9.17, 15) is 9.59 Å². The molecule has 25 heavy (non-hydrogen) atoms. The first kappa shape index (κ1) is 17.2. The molecular formula is C20H19ClN2O2. The molecule has 4 nitrogen and oxygen atoms in total. The number of carbonyl (C=O) groups excluding carboxylic acids is 2. The van der Waals surface area contributed by atoms with Crippen LogP contribution in [0, 0.1) is 5.92 Å². The van der Waals surface area contributed by atoms with Crippen molar-refractivity contribution in [2.24, 2.45) is 5.92 Å². The minimum absolute atomic E-state index is 0.0691. The number of carbonyl (C=O) groups is 2. The second kappa shape index (κ2) is 7.11. The summed E-state index contributed by atoms with van der Waals surface area (Å²) in [6, 6.07) is 16.0. The van der Waals surface area contributed by atoms with Gasteiger partial charge in [0.25, 0.3) is 11.8 Å². The van der Waals surface area contributed by atoms with E-state index in [1.54, 1.807) is 47.5 Å². The van der Waals surface area contributed by atoms with E-state index in [1.807, 2.05) is 32.0 Å². The second-order valence-electron chi connectivity index (χ2n) is 6.29. The van der Waals surface area contributed by atoms with Gasteiger partial charge in [-0.3, -0.25) is 14.5 Å². The van der Waals surface area contributed by atoms with E-state index in [4.69, 9.17) is 11.6 Å². The molecule has 3 rings (SSSR count). The average Bonchev–Trinajstić information content (AvgIpc) is 2.62. The van der Waals surface area contributed by atoms with Crippen LogP contribution in [-0.4, -0.2) is 22.9 Å². The molecule has 1 N–H and O–H groups in total. The van der Waals surface area contributed by atoms with E-state index in [2.05, 4.69) is 5.32 Å². The molecule has 0 aromatic heterocycles. The Hall–Kier alpha value is -2.59. The van der Waals surface area contributed by atoms with Gasteiger partial charge in [-0.25, -0.2) is 0 Å². The normalized spacial score (nSPS) is 17.3. The van der Waals surface area contributed by atoms with Crippen LogP contribution in [0.25, 0.3) is 5.57 Å². The highest BCUT2D eigenvalue weighted by Crippen LogP contribution is 2.25. The highest BCUT2D eigenvalue weighted by Gasteiger charge is 2.33. The lowest BCUT2D eigenvalue weighted by Crippen LogP contribution is -2.54. The highest BCUT2D eigenvalue weighted by atomic mass is 35.5. The third kappa shape index (κ3) is 3.59. The van der Waals surface area contributed by atoms with E-state index in [1.165, 1.54) is 0 Å². The zero-order chi connectivity index (χ0) is 18.0. The number of hydrogen-bond acceptors (Lipinski definition) is 2. The summed E-state index contributed by atoms with van der Waals surface area (Å²) in [5, 5.41) is 3.54. The fourth-order valence-electron chi connectivity index (χ4n) is 2.80. The van der Waals surface area contributed by atoms with Crippen molar-refractivity contribution in [3.63, 3.8) is 0 Å². The number of nitrogens with zero attached hydrogens (tertiary/aromatic N) is 1. The Morgan fingerprint density at radius 3 is 2.32 bits per heavy atom. The number of benzene rings is 2. The lowest BCUT2D eigenvalue weighted by molar-refractivity contribution is -0.118. The van der Waals surface area contributed by atoms with Crippen LogP contribution in [-0.2, 0) is 4.79 Å². The highest BCUT2D eigenvalue weighted by molar-refractivity contribution is 6.30. The third-order valence-electron chi connectivity index (χ3n) is 4.13. The van der Waals surface area contributed by atoms with Crippen LogP contribution >= 0.6 is 11.6 Å². The Morgan fingerprint density at radius 2 is 1.72 bits per heavy atom. The van der Waals surface area contributed by atoms with Gasteiger partial charge in [0.15, 0.2) is 0 Å². The number of nitrogens with one attached hydrogen (secondary N) is 1. The van der Waals surface area contributed by atoms with Crippen molar-refractivity contribution in [3.05, 3.63) is 76.9 Å². The molecular weight excluding hydrogens is 336 g/mol. The first-order valence-electron chi connectivity index (χ1n) is 8.13. The summed E-state index contributed by atoms with van der Waals surface area (Å²) in [6.45, 7) is 3.94. The summed E-state index contributed by atoms with van der Waals surface area (Å²) in [5.41, 5.74) is 1.74. The molecule has 128 valence electrons. The molecule has 2 aromatic carbocycles. The van der Waals surface area contributed by atoms with Crippen molar-refractivity contribution in [2.75, 3.05) is 0 Å². The predicted octanol–water partition coefficient (Wildman–Crippen LogP) is 3.94. The molecule has 1 aliphatic heterocycles. The molecule has 0 fully saturated rings. The summed E-state index contributed by atoms with van der Waals surface area (Å²) >= 11 is 5.93. The van der Waals surface area contributed by atoms with Crippen molar-refractivity contribution >= 4 is 29.0 Å². The molecule has 0 aliphatic carbocycles. The van der Waals surface area contributed by atoms with Gasteiger partial charge in [0.1, 0.15) is 6.17 Å². The van der Waals surface area contributed by atoms with Gasteiger partial charge < -0.3 is 5.32 Å². The van der Waals surface area contributed by atoms with Gasteiger partial charge in [-0.15, -0.1) is 0 Å². The topological polar surface area (TPSA) is 49.4 Å². The molecule has 1 atom stereocenters. The van der Waals surface area contributed by atoms with Crippen molar-refractivity contribution in [2.45, 2.75) is 20.0 Å². The van der Waals surface area contributed by atoms with Crippen LogP contribution in [0.3, 0.4) is 0 Å². The number of amides is 2. The molecule has 0 saturated heterocycles. The molecule has 2 amide bonds. The van der Waals surface area contributed by atoms with Crippen molar-refractivity contribution in [1.29, 1.82) is 0 Å². The van der Waals surface area contributed by atoms with Crippen LogP contribution < -0.4 is 5.32 Å². The predicted molar refractivity (Wildman–Crippen MR) is 98.8 cm³/mol. The lowest BCUT2D eigenvalue weighted by Gasteiger charge is -2.36. The van der Waals surface area contributed by atoms with E-state index in [0.717, 1.165) is 5.56 Å². The van der Waals surface area contributed by atoms with Crippen LogP contribution in [0.5, 0.6) is 0 Å². The SMILES string of the molecule is CC(C)[C@H]1NC(=O)C(c2ccc(Cl)cc2)=CN1C(=O)c1ccccc1. The molecule has 0 spiro atoms. The minimum atomic E-state index is -0.392. The molecule has 5 heteroatoms. The van der Waals surface area contributed by atoms with E-state index >= 15 is 0 Å². The maximum Gasteiger partial charge on any atom is 0.259 e. The van der Waals surface area contributed by atoms with Gasteiger partial charge in [0, 0.05) is 16.8 Å². The standard InChI is InChI=1S/C20H19ClN2O2/c1-13(2)18-22-19(24)17(14-8-10-16(21)11-9-14)12-23(18)20(25)15-6-4-3-5-7-15/h3-13,18H,1-2H3,(H,22,24)/t18-/m0/s1. The maximum atomic E-state index is 13.0. The van der Waals surface area contributed by atoms with Gasteiger partial charge in [0.2, 0.25) is 0 Å². The molecule has 1 aliphatic rings. The Balaban J connectivity index is 2.03. The maximum absolute atomic E-state index is 13.0. The summed E-state index contributed by atoms with van der Waals surface area (Å²) in [5.74, 6) is -0.275. The zero-order valence-electron chi connectivity index (χ0n) is 14.1. The van der Waals surface area contributed by atoms with Crippen molar-refractivity contribution < 1.29 is 9.59 Å². The number of hydrogen-bond donors (Lipinski definition) is 1. The smallest absolute Gasteiger partial charge is 0.259 e. The molecule has 0 radical (unpaired) electrons. The lowest BCUT2D eigenvalue weighted by atomic mass is 10.0. The zero-order valence-corrected chi connectivity index (χ0v) is 14.8. The number of halogens is 1. The first-order chi connectivity index (χ1) is 12.0. The van der Waals surface area contributed by atoms with Gasteiger partial charge in [0.05, 0.1) is 5.57 Å². The van der Waals surface area contributed by atoms with E-state index < -0.39 is 6.17 Å². The van der Waals surface area contributed by atoms with Crippen LogP contribution in [0.15, 0.2) is 60.8 Å². The first-order valence-corrected chi connectivity index (χ1v) is 8.51. The van der Waals surface area contributed by atoms with Gasteiger partial charge >= 0.3 is 0 Å². The Labute approximate surface area is 152 Å². The quantitative estimate of drug-likeness (QED) is 0.907. The summed E-state index contributed by atoms with van der Waals surface area (Å²) in [7, 11) is 0. The monoisotopic (exact) mass is 354 g/mol.